The maximum absolute atomic E-state index is 12.0. The molecule has 1 aliphatic rings. The molecule has 1 saturated heterocycles. The number of H-pyrrole nitrogens is 1. The number of nitrogens with zero attached hydrogens (tertiary/aromatic N) is 3. The fourth-order valence-corrected chi connectivity index (χ4v) is 3.93. The van der Waals surface area contributed by atoms with Crippen LogP contribution in [0.5, 0.6) is 0 Å². The quantitative estimate of drug-likeness (QED) is 0.668. The van der Waals surface area contributed by atoms with E-state index in [1.165, 1.54) is 24.7 Å². The fourth-order valence-electron chi connectivity index (χ4n) is 3.46. The van der Waals surface area contributed by atoms with Gasteiger partial charge < -0.3 is 19.2 Å². The van der Waals surface area contributed by atoms with Crippen molar-refractivity contribution in [3.8, 4) is 6.07 Å². The highest BCUT2D eigenvalue weighted by Gasteiger charge is 2.56. The van der Waals surface area contributed by atoms with Crippen molar-refractivity contribution in [3.63, 3.8) is 0 Å². The summed E-state index contributed by atoms with van der Waals surface area (Å²) in [5.74, 6) is -1.17. The van der Waals surface area contributed by atoms with Crippen molar-refractivity contribution < 1.29 is 23.8 Å². The van der Waals surface area contributed by atoms with Gasteiger partial charge in [-0.25, -0.2) is 4.98 Å². The molecule has 11 heteroatoms. The molecule has 28 heavy (non-hydrogen) atoms. The normalized spacial score (nSPS) is 24.1. The van der Waals surface area contributed by atoms with E-state index in [4.69, 9.17) is 19.6 Å². The summed E-state index contributed by atoms with van der Waals surface area (Å²) in [6.07, 6.45) is 0.343. The SMILES string of the molecule is CC[C@@H]1OC[C@@](OC(C)=O)(n2cnc(=N)c3c(C#N)c(Br)[nH]c32)C1OC(C)=O. The Morgan fingerprint density at radius 1 is 1.54 bits per heavy atom. The summed E-state index contributed by atoms with van der Waals surface area (Å²) in [5.41, 5.74) is -1.18. The van der Waals surface area contributed by atoms with Crippen molar-refractivity contribution >= 4 is 38.9 Å². The van der Waals surface area contributed by atoms with Crippen LogP contribution in [0, 0.1) is 16.7 Å². The predicted octanol–water partition coefficient (Wildman–Crippen LogP) is 1.43. The van der Waals surface area contributed by atoms with Crippen LogP contribution in [-0.4, -0.2) is 45.3 Å². The van der Waals surface area contributed by atoms with Gasteiger partial charge in [-0.2, -0.15) is 5.26 Å². The highest BCUT2D eigenvalue weighted by molar-refractivity contribution is 9.10. The molecule has 148 valence electrons. The summed E-state index contributed by atoms with van der Waals surface area (Å²) in [6.45, 7) is 4.25. The second kappa shape index (κ2) is 7.37. The largest absolute Gasteiger partial charge is 0.453 e. The van der Waals surface area contributed by atoms with E-state index >= 15 is 0 Å². The van der Waals surface area contributed by atoms with Gasteiger partial charge in [0.05, 0.1) is 10.9 Å². The average Bonchev–Trinajstić information content (AvgIpc) is 3.13. The molecule has 1 unspecified atom stereocenters. The highest BCUT2D eigenvalue weighted by atomic mass is 79.9. The van der Waals surface area contributed by atoms with Gasteiger partial charge in [0.25, 0.3) is 5.72 Å². The van der Waals surface area contributed by atoms with Crippen LogP contribution in [0.2, 0.25) is 0 Å². The molecule has 0 bridgehead atoms. The zero-order valence-corrected chi connectivity index (χ0v) is 17.0. The van der Waals surface area contributed by atoms with E-state index in [0.29, 0.717) is 16.7 Å². The first kappa shape index (κ1) is 20.0. The number of nitrogens with one attached hydrogen (secondary N) is 2. The second-order valence-electron chi connectivity index (χ2n) is 6.34. The molecule has 2 aromatic heterocycles. The van der Waals surface area contributed by atoms with E-state index in [1.807, 2.05) is 13.0 Å². The van der Waals surface area contributed by atoms with E-state index in [1.54, 1.807) is 0 Å². The minimum atomic E-state index is -1.55. The third kappa shape index (κ3) is 3.08. The van der Waals surface area contributed by atoms with Gasteiger partial charge in [0.15, 0.2) is 11.6 Å². The lowest BCUT2D eigenvalue weighted by Gasteiger charge is -2.35. The lowest BCUT2D eigenvalue weighted by Crippen LogP contribution is -2.52. The molecule has 0 radical (unpaired) electrons. The molecular formula is C17H18BrN5O5. The predicted molar refractivity (Wildman–Crippen MR) is 97.7 cm³/mol. The highest BCUT2D eigenvalue weighted by Crippen LogP contribution is 2.39. The Kier molecular flexibility index (Phi) is 5.27. The molecule has 0 aromatic carbocycles. The number of aromatic amines is 1. The molecule has 0 aliphatic carbocycles. The van der Waals surface area contributed by atoms with Crippen molar-refractivity contribution in [2.45, 2.75) is 45.1 Å². The zero-order chi connectivity index (χ0) is 20.6. The van der Waals surface area contributed by atoms with E-state index < -0.39 is 29.9 Å². The van der Waals surface area contributed by atoms with Gasteiger partial charge in [0.2, 0.25) is 0 Å². The van der Waals surface area contributed by atoms with Crippen molar-refractivity contribution in [1.29, 1.82) is 10.7 Å². The number of fused-ring (bicyclic) bond motifs is 1. The molecule has 1 aliphatic heterocycles. The summed E-state index contributed by atoms with van der Waals surface area (Å²) < 4.78 is 18.8. The third-order valence-electron chi connectivity index (χ3n) is 4.54. The second-order valence-corrected chi connectivity index (χ2v) is 7.13. The number of aromatic nitrogens is 3. The summed E-state index contributed by atoms with van der Waals surface area (Å²) in [6, 6.07) is 2.02. The standard InChI is InChI=1S/C17H18BrN5O5/c1-4-11-13(27-8(2)24)17(6-26-11,28-9(3)25)23-7-21-15(20)12-10(5-19)14(18)22-16(12)23/h7,11,13,20,22H,4,6H2,1-3H3/t11-,13?,17-/m0/s1. The number of esters is 2. The van der Waals surface area contributed by atoms with Crippen LogP contribution in [0.4, 0.5) is 0 Å². The average molecular weight is 452 g/mol. The molecule has 0 spiro atoms. The van der Waals surface area contributed by atoms with Crippen molar-refractivity contribution in [2.24, 2.45) is 0 Å². The molecule has 2 aromatic rings. The summed E-state index contributed by atoms with van der Waals surface area (Å²) in [5, 5.41) is 17.8. The molecule has 0 amide bonds. The van der Waals surface area contributed by atoms with E-state index in [2.05, 4.69) is 25.9 Å². The van der Waals surface area contributed by atoms with E-state index in [0.717, 1.165) is 0 Å². The molecular weight excluding hydrogens is 434 g/mol. The van der Waals surface area contributed by atoms with Gasteiger partial charge in [-0.3, -0.25) is 19.6 Å². The zero-order valence-electron chi connectivity index (χ0n) is 15.4. The molecule has 2 N–H and O–H groups in total. The van der Waals surface area contributed by atoms with Crippen LogP contribution in [0.1, 0.15) is 32.8 Å². The lowest BCUT2D eigenvalue weighted by atomic mass is 10.0. The molecule has 10 nitrogen and oxygen atoms in total. The lowest BCUT2D eigenvalue weighted by molar-refractivity contribution is -0.195. The van der Waals surface area contributed by atoms with Gasteiger partial charge in [-0.05, 0) is 22.4 Å². The Morgan fingerprint density at radius 3 is 2.82 bits per heavy atom. The Labute approximate surface area is 168 Å². The maximum atomic E-state index is 12.0. The topological polar surface area (TPSA) is 143 Å². The number of carbonyl (C=O) groups excluding carboxylic acids is 2. The Balaban J connectivity index is 2.34. The first-order valence-electron chi connectivity index (χ1n) is 8.47. The smallest absolute Gasteiger partial charge is 0.304 e. The van der Waals surface area contributed by atoms with E-state index in [9.17, 15) is 14.9 Å². The maximum Gasteiger partial charge on any atom is 0.304 e. The molecule has 3 atom stereocenters. The van der Waals surface area contributed by atoms with E-state index in [-0.39, 0.29) is 23.0 Å². The van der Waals surface area contributed by atoms with Gasteiger partial charge >= 0.3 is 11.9 Å². The Bertz CT molecular complexity index is 1050. The first-order valence-corrected chi connectivity index (χ1v) is 9.26. The van der Waals surface area contributed by atoms with Crippen LogP contribution in [0.15, 0.2) is 10.9 Å². The first-order chi connectivity index (χ1) is 13.2. The van der Waals surface area contributed by atoms with Crippen LogP contribution < -0.4 is 5.49 Å². The minimum Gasteiger partial charge on any atom is -0.453 e. The number of rotatable bonds is 4. The van der Waals surface area contributed by atoms with Gasteiger partial charge in [0, 0.05) is 13.8 Å². The monoisotopic (exact) mass is 451 g/mol. The van der Waals surface area contributed by atoms with Gasteiger partial charge in [-0.1, -0.05) is 6.92 Å². The number of nitriles is 1. The third-order valence-corrected chi connectivity index (χ3v) is 5.13. The Hall–Kier alpha value is -2.71. The number of ether oxygens (including phenoxy) is 3. The molecule has 0 saturated carbocycles. The van der Waals surface area contributed by atoms with Crippen molar-refractivity contribution in [3.05, 3.63) is 22.0 Å². The minimum absolute atomic E-state index is 0.0969. The molecule has 1 fully saturated rings. The molecule has 3 heterocycles. The van der Waals surface area contributed by atoms with Crippen molar-refractivity contribution in [2.75, 3.05) is 6.61 Å². The number of halogens is 1. The fraction of sp³-hybridized carbons (Fsp3) is 0.471. The number of hydrogen-bond acceptors (Lipinski definition) is 8. The van der Waals surface area contributed by atoms with Gasteiger partial charge in [-0.15, -0.1) is 0 Å². The van der Waals surface area contributed by atoms with Gasteiger partial charge in [0.1, 0.15) is 35.4 Å². The summed E-state index contributed by atoms with van der Waals surface area (Å²) >= 11 is 3.27. The molecule has 3 rings (SSSR count). The van der Waals surface area contributed by atoms with Crippen LogP contribution in [0.3, 0.4) is 0 Å². The summed E-state index contributed by atoms with van der Waals surface area (Å²) in [4.78, 5) is 30.8. The van der Waals surface area contributed by atoms with Crippen LogP contribution in [0.25, 0.3) is 11.0 Å². The van der Waals surface area contributed by atoms with Crippen molar-refractivity contribution in [1.82, 2.24) is 14.5 Å². The van der Waals surface area contributed by atoms with Crippen LogP contribution >= 0.6 is 15.9 Å². The number of carbonyl (C=O) groups is 2. The Morgan fingerprint density at radius 2 is 2.25 bits per heavy atom. The van der Waals surface area contributed by atoms with Crippen LogP contribution in [-0.2, 0) is 29.5 Å². The summed E-state index contributed by atoms with van der Waals surface area (Å²) in [7, 11) is 0. The number of hydrogen-bond donors (Lipinski definition) is 2.